The van der Waals surface area contributed by atoms with Gasteiger partial charge in [0, 0.05) is 28.3 Å². The SMILES string of the molecule is CCc1cc(NC)c2cc(Br)ccc2n1. The van der Waals surface area contributed by atoms with Gasteiger partial charge in [-0.1, -0.05) is 22.9 Å². The molecule has 0 aliphatic carbocycles. The number of hydrogen-bond donors (Lipinski definition) is 1. The summed E-state index contributed by atoms with van der Waals surface area (Å²) >= 11 is 3.48. The average Bonchev–Trinajstić information content (AvgIpc) is 2.27. The number of aryl methyl sites for hydroxylation is 1. The van der Waals surface area contributed by atoms with Crippen molar-refractivity contribution in [3.05, 3.63) is 34.4 Å². The summed E-state index contributed by atoms with van der Waals surface area (Å²) in [5.41, 5.74) is 3.30. The minimum atomic E-state index is 0.959. The van der Waals surface area contributed by atoms with Gasteiger partial charge in [0.2, 0.25) is 0 Å². The lowest BCUT2D eigenvalue weighted by molar-refractivity contribution is 1.06. The molecule has 3 heteroatoms. The highest BCUT2D eigenvalue weighted by molar-refractivity contribution is 9.10. The van der Waals surface area contributed by atoms with E-state index in [-0.39, 0.29) is 0 Å². The van der Waals surface area contributed by atoms with E-state index in [4.69, 9.17) is 0 Å². The summed E-state index contributed by atoms with van der Waals surface area (Å²) < 4.78 is 1.08. The molecule has 0 fully saturated rings. The van der Waals surface area contributed by atoms with Crippen LogP contribution in [0.25, 0.3) is 10.9 Å². The molecule has 1 heterocycles. The van der Waals surface area contributed by atoms with Gasteiger partial charge in [-0.3, -0.25) is 4.98 Å². The van der Waals surface area contributed by atoms with Gasteiger partial charge in [0.25, 0.3) is 0 Å². The van der Waals surface area contributed by atoms with Gasteiger partial charge in [0.1, 0.15) is 0 Å². The Bertz CT molecular complexity index is 494. The molecule has 2 aromatic rings. The number of aromatic nitrogens is 1. The van der Waals surface area contributed by atoms with E-state index in [0.717, 1.165) is 33.2 Å². The van der Waals surface area contributed by atoms with Crippen molar-refractivity contribution < 1.29 is 0 Å². The van der Waals surface area contributed by atoms with Crippen LogP contribution in [0.2, 0.25) is 0 Å². The van der Waals surface area contributed by atoms with E-state index in [1.165, 1.54) is 0 Å². The fourth-order valence-corrected chi connectivity index (χ4v) is 2.00. The molecule has 1 aromatic carbocycles. The summed E-state index contributed by atoms with van der Waals surface area (Å²) in [7, 11) is 1.94. The third kappa shape index (κ3) is 1.97. The molecule has 15 heavy (non-hydrogen) atoms. The number of hydrogen-bond acceptors (Lipinski definition) is 2. The summed E-state index contributed by atoms with van der Waals surface area (Å²) in [6.45, 7) is 2.12. The highest BCUT2D eigenvalue weighted by Gasteiger charge is 2.03. The molecule has 0 aliphatic heterocycles. The molecule has 0 unspecified atom stereocenters. The Morgan fingerprint density at radius 2 is 2.13 bits per heavy atom. The number of benzene rings is 1. The van der Waals surface area contributed by atoms with E-state index < -0.39 is 0 Å². The molecular weight excluding hydrogens is 252 g/mol. The average molecular weight is 265 g/mol. The fraction of sp³-hybridized carbons (Fsp3) is 0.250. The maximum Gasteiger partial charge on any atom is 0.0726 e. The minimum absolute atomic E-state index is 0.959. The van der Waals surface area contributed by atoms with E-state index in [0.29, 0.717) is 0 Å². The number of halogens is 1. The second-order valence-electron chi connectivity index (χ2n) is 3.43. The maximum atomic E-state index is 4.58. The molecule has 2 nitrogen and oxygen atoms in total. The van der Waals surface area contributed by atoms with Crippen LogP contribution in [0.15, 0.2) is 28.7 Å². The van der Waals surface area contributed by atoms with Gasteiger partial charge in [-0.2, -0.15) is 0 Å². The number of pyridine rings is 1. The number of nitrogens with one attached hydrogen (secondary N) is 1. The predicted octanol–water partition coefficient (Wildman–Crippen LogP) is 3.60. The molecule has 0 aliphatic rings. The van der Waals surface area contributed by atoms with Gasteiger partial charge >= 0.3 is 0 Å². The smallest absolute Gasteiger partial charge is 0.0726 e. The Kier molecular flexibility index (Phi) is 2.91. The molecule has 0 radical (unpaired) electrons. The van der Waals surface area contributed by atoms with Crippen LogP contribution in [-0.4, -0.2) is 12.0 Å². The first-order valence-corrected chi connectivity index (χ1v) is 5.81. The number of anilines is 1. The first kappa shape index (κ1) is 10.4. The summed E-state index contributed by atoms with van der Waals surface area (Å²) in [5, 5.41) is 4.37. The molecular formula is C12H13BrN2. The highest BCUT2D eigenvalue weighted by Crippen LogP contribution is 2.26. The van der Waals surface area contributed by atoms with E-state index in [1.807, 2.05) is 19.2 Å². The van der Waals surface area contributed by atoms with Crippen molar-refractivity contribution in [3.63, 3.8) is 0 Å². The van der Waals surface area contributed by atoms with Crippen LogP contribution in [-0.2, 0) is 6.42 Å². The molecule has 0 spiro atoms. The Balaban J connectivity index is 2.75. The normalized spacial score (nSPS) is 10.6. The number of nitrogens with zero attached hydrogens (tertiary/aromatic N) is 1. The van der Waals surface area contributed by atoms with Gasteiger partial charge < -0.3 is 5.32 Å². The third-order valence-corrected chi connectivity index (χ3v) is 2.95. The van der Waals surface area contributed by atoms with Crippen LogP contribution in [0.4, 0.5) is 5.69 Å². The van der Waals surface area contributed by atoms with Crippen molar-refractivity contribution in [2.45, 2.75) is 13.3 Å². The molecule has 2 rings (SSSR count). The topological polar surface area (TPSA) is 24.9 Å². The van der Waals surface area contributed by atoms with Gasteiger partial charge in [0.15, 0.2) is 0 Å². The summed E-state index contributed by atoms with van der Waals surface area (Å²) in [5.74, 6) is 0. The molecule has 1 aromatic heterocycles. The van der Waals surface area contributed by atoms with Crippen LogP contribution in [0.3, 0.4) is 0 Å². The van der Waals surface area contributed by atoms with Gasteiger partial charge in [-0.15, -0.1) is 0 Å². The zero-order valence-electron chi connectivity index (χ0n) is 8.84. The first-order valence-electron chi connectivity index (χ1n) is 5.01. The molecule has 0 amide bonds. The largest absolute Gasteiger partial charge is 0.388 e. The molecule has 0 saturated heterocycles. The third-order valence-electron chi connectivity index (χ3n) is 2.46. The quantitative estimate of drug-likeness (QED) is 0.897. The minimum Gasteiger partial charge on any atom is -0.388 e. The lowest BCUT2D eigenvalue weighted by Crippen LogP contribution is -1.95. The standard InChI is InChI=1S/C12H13BrN2/c1-3-9-7-12(14-2)10-6-8(13)4-5-11(10)15-9/h4-7H,3H2,1-2H3,(H,14,15). The molecule has 0 atom stereocenters. The van der Waals surface area contributed by atoms with Crippen LogP contribution >= 0.6 is 15.9 Å². The predicted molar refractivity (Wildman–Crippen MR) is 68.4 cm³/mol. The van der Waals surface area contributed by atoms with Crippen LogP contribution in [0.1, 0.15) is 12.6 Å². The van der Waals surface area contributed by atoms with Crippen molar-refractivity contribution in [2.24, 2.45) is 0 Å². The summed E-state index contributed by atoms with van der Waals surface area (Å²) in [6, 6.07) is 8.26. The first-order chi connectivity index (χ1) is 7.24. The van der Waals surface area contributed by atoms with Crippen molar-refractivity contribution >= 4 is 32.5 Å². The van der Waals surface area contributed by atoms with Crippen molar-refractivity contribution in [3.8, 4) is 0 Å². The Labute approximate surface area is 97.8 Å². The highest BCUT2D eigenvalue weighted by atomic mass is 79.9. The fourth-order valence-electron chi connectivity index (χ4n) is 1.64. The van der Waals surface area contributed by atoms with Gasteiger partial charge in [0.05, 0.1) is 5.52 Å². The monoisotopic (exact) mass is 264 g/mol. The van der Waals surface area contributed by atoms with Crippen LogP contribution in [0, 0.1) is 0 Å². The summed E-state index contributed by atoms with van der Waals surface area (Å²) in [6.07, 6.45) is 0.959. The molecule has 1 N–H and O–H groups in total. The second kappa shape index (κ2) is 4.19. The molecule has 0 bridgehead atoms. The van der Waals surface area contributed by atoms with Crippen molar-refractivity contribution in [1.29, 1.82) is 0 Å². The van der Waals surface area contributed by atoms with Crippen LogP contribution in [0.5, 0.6) is 0 Å². The Hall–Kier alpha value is -1.09. The zero-order chi connectivity index (χ0) is 10.8. The number of fused-ring (bicyclic) bond motifs is 1. The second-order valence-corrected chi connectivity index (χ2v) is 4.34. The molecule has 0 saturated carbocycles. The Morgan fingerprint density at radius 3 is 2.80 bits per heavy atom. The number of rotatable bonds is 2. The lowest BCUT2D eigenvalue weighted by Gasteiger charge is -2.08. The van der Waals surface area contributed by atoms with Crippen LogP contribution < -0.4 is 5.32 Å². The summed E-state index contributed by atoms with van der Waals surface area (Å²) in [4.78, 5) is 4.58. The lowest BCUT2D eigenvalue weighted by atomic mass is 10.1. The Morgan fingerprint density at radius 1 is 1.33 bits per heavy atom. The van der Waals surface area contributed by atoms with E-state index >= 15 is 0 Å². The van der Waals surface area contributed by atoms with Crippen molar-refractivity contribution in [1.82, 2.24) is 4.98 Å². The van der Waals surface area contributed by atoms with Crippen molar-refractivity contribution in [2.75, 3.05) is 12.4 Å². The maximum absolute atomic E-state index is 4.58. The van der Waals surface area contributed by atoms with E-state index in [2.05, 4.69) is 45.3 Å². The zero-order valence-corrected chi connectivity index (χ0v) is 10.4. The van der Waals surface area contributed by atoms with Gasteiger partial charge in [-0.05, 0) is 30.7 Å². The van der Waals surface area contributed by atoms with Gasteiger partial charge in [-0.25, -0.2) is 0 Å². The molecule has 78 valence electrons. The van der Waals surface area contributed by atoms with E-state index in [9.17, 15) is 0 Å². The van der Waals surface area contributed by atoms with E-state index in [1.54, 1.807) is 0 Å².